The highest BCUT2D eigenvalue weighted by Crippen LogP contribution is 2.44. The van der Waals surface area contributed by atoms with Gasteiger partial charge in [0, 0.05) is 5.92 Å². The van der Waals surface area contributed by atoms with Crippen LogP contribution in [-0.4, -0.2) is 41.3 Å². The van der Waals surface area contributed by atoms with E-state index in [2.05, 4.69) is 34.9 Å². The van der Waals surface area contributed by atoms with Crippen LogP contribution in [0.2, 0.25) is 0 Å². The second kappa shape index (κ2) is 9.87. The molecule has 2 amide bonds. The minimum Gasteiger partial charge on any atom is -0.481 e. The van der Waals surface area contributed by atoms with Crippen LogP contribution < -0.4 is 10.6 Å². The molecule has 7 nitrogen and oxygen atoms in total. The molecule has 0 spiro atoms. The number of amides is 2. The first-order chi connectivity index (χ1) is 16.3. The molecule has 0 heterocycles. The molecule has 0 aliphatic heterocycles. The van der Waals surface area contributed by atoms with E-state index in [0.717, 1.165) is 35.1 Å². The lowest BCUT2D eigenvalue weighted by atomic mass is 9.91. The monoisotopic (exact) mass is 464 g/mol. The Kier molecular flexibility index (Phi) is 6.91. The van der Waals surface area contributed by atoms with Gasteiger partial charge in [-0.15, -0.1) is 0 Å². The number of carbonyl (C=O) groups excluding carboxylic acids is 2. The molecule has 0 aromatic heterocycles. The van der Waals surface area contributed by atoms with Gasteiger partial charge in [0.25, 0.3) is 0 Å². The van der Waals surface area contributed by atoms with Gasteiger partial charge in [0.2, 0.25) is 5.91 Å². The highest BCUT2D eigenvalue weighted by atomic mass is 16.5. The number of benzene rings is 2. The summed E-state index contributed by atoms with van der Waals surface area (Å²) in [5, 5.41) is 14.9. The minimum atomic E-state index is -0.953. The largest absolute Gasteiger partial charge is 0.481 e. The standard InChI is InChI=1S/C27H32N2O5/c1-3-8-23(25(32)29-27(2,15-24(30)31)17-13-14-17)28-26(33)34-16-22-20-11-6-4-9-18(20)19-10-5-7-12-21(19)22/h4-7,9-12,17,22-23H,3,8,13-16H2,1-2H3,(H,28,33)(H,29,32)(H,30,31). The van der Waals surface area contributed by atoms with Crippen molar-refractivity contribution in [2.24, 2.45) is 5.92 Å². The molecule has 4 rings (SSSR count). The van der Waals surface area contributed by atoms with Crippen molar-refractivity contribution in [3.8, 4) is 11.1 Å². The summed E-state index contributed by atoms with van der Waals surface area (Å²) >= 11 is 0. The van der Waals surface area contributed by atoms with Crippen LogP contribution in [0.5, 0.6) is 0 Å². The second-order valence-electron chi connectivity index (χ2n) is 9.56. The summed E-state index contributed by atoms with van der Waals surface area (Å²) in [4.78, 5) is 37.1. The van der Waals surface area contributed by atoms with Crippen LogP contribution in [-0.2, 0) is 14.3 Å². The van der Waals surface area contributed by atoms with Crippen LogP contribution in [0, 0.1) is 5.92 Å². The molecule has 180 valence electrons. The van der Waals surface area contributed by atoms with Crippen molar-refractivity contribution in [3.05, 3.63) is 59.7 Å². The van der Waals surface area contributed by atoms with Crippen LogP contribution in [0.15, 0.2) is 48.5 Å². The van der Waals surface area contributed by atoms with Gasteiger partial charge < -0.3 is 20.5 Å². The lowest BCUT2D eigenvalue weighted by Crippen LogP contribution is -2.56. The topological polar surface area (TPSA) is 105 Å². The van der Waals surface area contributed by atoms with E-state index in [1.54, 1.807) is 6.92 Å². The Bertz CT molecular complexity index is 1030. The van der Waals surface area contributed by atoms with E-state index in [4.69, 9.17) is 4.74 Å². The second-order valence-corrected chi connectivity index (χ2v) is 9.56. The van der Waals surface area contributed by atoms with Crippen molar-refractivity contribution in [2.75, 3.05) is 6.61 Å². The quantitative estimate of drug-likeness (QED) is 0.482. The number of aliphatic carboxylic acids is 1. The molecule has 34 heavy (non-hydrogen) atoms. The molecule has 2 aromatic carbocycles. The molecular weight excluding hydrogens is 432 g/mol. The van der Waals surface area contributed by atoms with E-state index in [1.165, 1.54) is 0 Å². The van der Waals surface area contributed by atoms with Gasteiger partial charge in [-0.1, -0.05) is 61.9 Å². The van der Waals surface area contributed by atoms with Gasteiger partial charge in [-0.3, -0.25) is 9.59 Å². The number of carboxylic acids is 1. The lowest BCUT2D eigenvalue weighted by molar-refractivity contribution is -0.139. The first-order valence-corrected chi connectivity index (χ1v) is 12.0. The van der Waals surface area contributed by atoms with Gasteiger partial charge in [-0.05, 0) is 54.4 Å². The Labute approximate surface area is 199 Å². The highest BCUT2D eigenvalue weighted by Gasteiger charge is 2.45. The van der Waals surface area contributed by atoms with Gasteiger partial charge in [0.05, 0.1) is 12.0 Å². The highest BCUT2D eigenvalue weighted by molar-refractivity contribution is 5.87. The van der Waals surface area contributed by atoms with E-state index in [0.29, 0.717) is 12.8 Å². The van der Waals surface area contributed by atoms with Crippen molar-refractivity contribution in [2.45, 2.75) is 63.5 Å². The fourth-order valence-corrected chi connectivity index (χ4v) is 5.03. The van der Waals surface area contributed by atoms with E-state index in [9.17, 15) is 19.5 Å². The number of fused-ring (bicyclic) bond motifs is 3. The van der Waals surface area contributed by atoms with E-state index in [1.807, 2.05) is 31.2 Å². The third kappa shape index (κ3) is 5.08. The fourth-order valence-electron chi connectivity index (χ4n) is 5.03. The van der Waals surface area contributed by atoms with Crippen molar-refractivity contribution in [1.82, 2.24) is 10.6 Å². The predicted octanol–water partition coefficient (Wildman–Crippen LogP) is 4.45. The Hall–Kier alpha value is -3.35. The number of ether oxygens (including phenoxy) is 1. The van der Waals surface area contributed by atoms with E-state index < -0.39 is 23.6 Å². The summed E-state index contributed by atoms with van der Waals surface area (Å²) in [5.41, 5.74) is 3.71. The maximum atomic E-state index is 13.0. The number of hydrogen-bond donors (Lipinski definition) is 3. The molecule has 3 N–H and O–H groups in total. The Balaban J connectivity index is 1.40. The SMILES string of the molecule is CCCC(NC(=O)OCC1c2ccccc2-c2ccccc21)C(=O)NC(C)(CC(=O)O)C1CC1. The van der Waals surface area contributed by atoms with Gasteiger partial charge in [-0.25, -0.2) is 4.79 Å². The summed E-state index contributed by atoms with van der Waals surface area (Å²) in [5.74, 6) is -1.24. The molecule has 0 saturated heterocycles. The summed E-state index contributed by atoms with van der Waals surface area (Å²) < 4.78 is 5.60. The van der Waals surface area contributed by atoms with Crippen LogP contribution in [0.3, 0.4) is 0 Å². The predicted molar refractivity (Wildman–Crippen MR) is 128 cm³/mol. The number of hydrogen-bond acceptors (Lipinski definition) is 4. The first kappa shape index (κ1) is 23.8. The van der Waals surface area contributed by atoms with Gasteiger partial charge >= 0.3 is 12.1 Å². The lowest BCUT2D eigenvalue weighted by Gasteiger charge is -2.31. The maximum absolute atomic E-state index is 13.0. The molecule has 2 aromatic rings. The number of carbonyl (C=O) groups is 3. The fraction of sp³-hybridized carbons (Fsp3) is 0.444. The van der Waals surface area contributed by atoms with E-state index in [-0.39, 0.29) is 30.8 Å². The van der Waals surface area contributed by atoms with Gasteiger partial charge in [0.15, 0.2) is 0 Å². The Morgan fingerprint density at radius 1 is 1.06 bits per heavy atom. The van der Waals surface area contributed by atoms with E-state index >= 15 is 0 Å². The first-order valence-electron chi connectivity index (χ1n) is 12.0. The van der Waals surface area contributed by atoms with Crippen LogP contribution in [0.25, 0.3) is 11.1 Å². The molecule has 0 bridgehead atoms. The maximum Gasteiger partial charge on any atom is 0.407 e. The average Bonchev–Trinajstić information content (AvgIpc) is 3.61. The molecule has 7 heteroatoms. The number of rotatable bonds is 10. The third-order valence-corrected chi connectivity index (χ3v) is 6.94. The normalized spacial score (nSPS) is 17.1. The molecule has 1 saturated carbocycles. The molecule has 2 unspecified atom stereocenters. The Morgan fingerprint density at radius 2 is 1.65 bits per heavy atom. The number of alkyl carbamates (subject to hydrolysis) is 1. The summed E-state index contributed by atoms with van der Waals surface area (Å²) in [6.45, 7) is 3.86. The van der Waals surface area contributed by atoms with Crippen molar-refractivity contribution in [1.29, 1.82) is 0 Å². The summed E-state index contributed by atoms with van der Waals surface area (Å²) in [6.07, 6.45) is 2.10. The summed E-state index contributed by atoms with van der Waals surface area (Å²) in [6, 6.07) is 15.4. The smallest absolute Gasteiger partial charge is 0.407 e. The number of nitrogens with one attached hydrogen (secondary N) is 2. The molecule has 2 aliphatic rings. The average molecular weight is 465 g/mol. The van der Waals surface area contributed by atoms with Crippen LogP contribution >= 0.6 is 0 Å². The number of carboxylic acid groups (broad SMARTS) is 1. The van der Waals surface area contributed by atoms with Gasteiger partial charge in [-0.2, -0.15) is 0 Å². The van der Waals surface area contributed by atoms with Crippen molar-refractivity contribution in [3.63, 3.8) is 0 Å². The van der Waals surface area contributed by atoms with Crippen LogP contribution in [0.1, 0.15) is 63.0 Å². The minimum absolute atomic E-state index is 0.0645. The van der Waals surface area contributed by atoms with Crippen molar-refractivity contribution < 1.29 is 24.2 Å². The van der Waals surface area contributed by atoms with Crippen molar-refractivity contribution >= 4 is 18.0 Å². The summed E-state index contributed by atoms with van der Waals surface area (Å²) in [7, 11) is 0. The molecule has 0 radical (unpaired) electrons. The molecular formula is C27H32N2O5. The zero-order valence-electron chi connectivity index (χ0n) is 19.7. The Morgan fingerprint density at radius 3 is 2.18 bits per heavy atom. The zero-order chi connectivity index (χ0) is 24.3. The molecule has 2 aliphatic carbocycles. The molecule has 1 fully saturated rings. The van der Waals surface area contributed by atoms with Gasteiger partial charge in [0.1, 0.15) is 12.6 Å². The molecule has 2 atom stereocenters. The van der Waals surface area contributed by atoms with Crippen LogP contribution in [0.4, 0.5) is 4.79 Å². The zero-order valence-corrected chi connectivity index (χ0v) is 19.7. The third-order valence-electron chi connectivity index (χ3n) is 6.94.